The summed E-state index contributed by atoms with van der Waals surface area (Å²) in [7, 11) is 0. The monoisotopic (exact) mass is 327 g/mol. The molecule has 1 heterocycles. The molecule has 1 aromatic heterocycles. The minimum absolute atomic E-state index is 0.258. The second-order valence-corrected chi connectivity index (χ2v) is 6.50. The summed E-state index contributed by atoms with van der Waals surface area (Å²) in [5, 5.41) is 12.0. The summed E-state index contributed by atoms with van der Waals surface area (Å²) in [4.78, 5) is 0. The van der Waals surface area contributed by atoms with Crippen LogP contribution in [-0.2, 0) is 12.1 Å². The van der Waals surface area contributed by atoms with Crippen molar-refractivity contribution in [1.82, 2.24) is 15.5 Å². The van der Waals surface area contributed by atoms with Crippen LogP contribution in [-0.4, -0.2) is 10.2 Å². The largest absolute Gasteiger partial charge is 0.300 e. The van der Waals surface area contributed by atoms with Crippen molar-refractivity contribution in [3.05, 3.63) is 102 Å². The van der Waals surface area contributed by atoms with Gasteiger partial charge in [-0.3, -0.25) is 10.4 Å². The lowest BCUT2D eigenvalue weighted by molar-refractivity contribution is 0.436. The summed E-state index contributed by atoms with van der Waals surface area (Å²) in [5.74, 6) is 0. The Labute approximate surface area is 147 Å². The predicted molar refractivity (Wildman–Crippen MR) is 102 cm³/mol. The van der Waals surface area contributed by atoms with Crippen molar-refractivity contribution in [1.29, 1.82) is 0 Å². The van der Waals surface area contributed by atoms with Gasteiger partial charge in [0.15, 0.2) is 0 Å². The van der Waals surface area contributed by atoms with Gasteiger partial charge >= 0.3 is 0 Å². The van der Waals surface area contributed by atoms with Crippen molar-refractivity contribution >= 4 is 10.9 Å². The van der Waals surface area contributed by atoms with Gasteiger partial charge in [0, 0.05) is 11.9 Å². The molecular weight excluding hydrogens is 306 g/mol. The van der Waals surface area contributed by atoms with E-state index < -0.39 is 0 Å². The minimum atomic E-state index is -0.258. The highest BCUT2D eigenvalue weighted by atomic mass is 15.1. The highest BCUT2D eigenvalue weighted by molar-refractivity contribution is 5.78. The summed E-state index contributed by atoms with van der Waals surface area (Å²) < 4.78 is 0. The maximum atomic E-state index is 4.10. The average Bonchev–Trinajstić information content (AvgIpc) is 3.15. The number of hydrogen-bond acceptors (Lipinski definition) is 2. The van der Waals surface area contributed by atoms with E-state index in [0.29, 0.717) is 0 Å². The van der Waals surface area contributed by atoms with Crippen molar-refractivity contribution in [2.45, 2.75) is 19.0 Å². The molecule has 0 radical (unpaired) electrons. The topological polar surface area (TPSA) is 40.7 Å². The summed E-state index contributed by atoms with van der Waals surface area (Å²) in [6.07, 6.45) is 1.85. The molecule has 0 spiro atoms. The van der Waals surface area contributed by atoms with E-state index in [1.165, 1.54) is 16.7 Å². The van der Waals surface area contributed by atoms with E-state index in [4.69, 9.17) is 0 Å². The summed E-state index contributed by atoms with van der Waals surface area (Å²) in [6, 6.07) is 27.6. The second kappa shape index (κ2) is 6.54. The number of benzene rings is 3. The smallest absolute Gasteiger partial charge is 0.0664 e. The third-order valence-corrected chi connectivity index (χ3v) is 4.85. The summed E-state index contributed by atoms with van der Waals surface area (Å²) in [5.41, 5.74) is 4.55. The Bertz CT molecular complexity index is 919. The maximum absolute atomic E-state index is 4.10. The Hall–Kier alpha value is -2.91. The molecule has 0 aliphatic rings. The fourth-order valence-electron chi connectivity index (χ4n) is 3.29. The fraction of sp³-hybridized carbons (Fsp3) is 0.136. The minimum Gasteiger partial charge on any atom is -0.300 e. The standard InChI is InChI=1S/C22H21N3/c1-22(19-8-4-2-5-9-19,20-10-6-3-7-11-20)23-15-17-12-13-18-16-24-25-21(18)14-17/h2-14,16,23H,15H2,1H3,(H,24,25). The lowest BCUT2D eigenvalue weighted by atomic mass is 9.84. The summed E-state index contributed by atoms with van der Waals surface area (Å²) in [6.45, 7) is 3.02. The normalized spacial score (nSPS) is 11.7. The van der Waals surface area contributed by atoms with Gasteiger partial charge in [-0.05, 0) is 29.7 Å². The first-order valence-corrected chi connectivity index (χ1v) is 8.54. The number of nitrogens with one attached hydrogen (secondary N) is 2. The van der Waals surface area contributed by atoms with Gasteiger partial charge in [0.25, 0.3) is 0 Å². The van der Waals surface area contributed by atoms with E-state index in [1.807, 2.05) is 6.20 Å². The van der Waals surface area contributed by atoms with Crippen LogP contribution in [0.1, 0.15) is 23.6 Å². The number of H-pyrrole nitrogens is 1. The fourth-order valence-corrected chi connectivity index (χ4v) is 3.29. The first kappa shape index (κ1) is 15.6. The molecule has 2 N–H and O–H groups in total. The molecule has 3 aromatic carbocycles. The number of aromatic nitrogens is 2. The van der Waals surface area contributed by atoms with Gasteiger partial charge < -0.3 is 0 Å². The molecular formula is C22H21N3. The van der Waals surface area contributed by atoms with Gasteiger partial charge in [-0.25, -0.2) is 0 Å². The van der Waals surface area contributed by atoms with Crippen molar-refractivity contribution in [3.8, 4) is 0 Å². The lowest BCUT2D eigenvalue weighted by Gasteiger charge is -2.32. The first-order valence-electron chi connectivity index (χ1n) is 8.54. The van der Waals surface area contributed by atoms with Crippen LogP contribution in [0.2, 0.25) is 0 Å². The van der Waals surface area contributed by atoms with Crippen LogP contribution in [0.5, 0.6) is 0 Å². The highest BCUT2D eigenvalue weighted by Crippen LogP contribution is 2.29. The molecule has 4 aromatic rings. The third-order valence-electron chi connectivity index (χ3n) is 4.85. The van der Waals surface area contributed by atoms with Crippen LogP contribution in [0.4, 0.5) is 0 Å². The first-order chi connectivity index (χ1) is 12.3. The number of fused-ring (bicyclic) bond motifs is 1. The molecule has 0 saturated carbocycles. The Kier molecular flexibility index (Phi) is 4.08. The van der Waals surface area contributed by atoms with E-state index in [2.05, 4.69) is 101 Å². The molecule has 0 bridgehead atoms. The van der Waals surface area contributed by atoms with Crippen molar-refractivity contribution in [3.63, 3.8) is 0 Å². The Morgan fingerprint density at radius 1 is 0.880 bits per heavy atom. The zero-order chi connectivity index (χ0) is 17.1. The van der Waals surface area contributed by atoms with Gasteiger partial charge in [-0.2, -0.15) is 5.10 Å². The molecule has 25 heavy (non-hydrogen) atoms. The third kappa shape index (κ3) is 3.06. The molecule has 0 aliphatic carbocycles. The molecule has 0 atom stereocenters. The van der Waals surface area contributed by atoms with Gasteiger partial charge in [0.05, 0.1) is 17.3 Å². The molecule has 0 aliphatic heterocycles. The molecule has 3 heteroatoms. The number of aromatic amines is 1. The number of rotatable bonds is 5. The van der Waals surface area contributed by atoms with Gasteiger partial charge in [0.1, 0.15) is 0 Å². The maximum Gasteiger partial charge on any atom is 0.0664 e. The molecule has 4 rings (SSSR count). The molecule has 0 amide bonds. The van der Waals surface area contributed by atoms with Gasteiger partial charge in [0.2, 0.25) is 0 Å². The lowest BCUT2D eigenvalue weighted by Crippen LogP contribution is -2.40. The van der Waals surface area contributed by atoms with E-state index in [1.54, 1.807) is 0 Å². The van der Waals surface area contributed by atoms with Crippen LogP contribution in [0, 0.1) is 0 Å². The zero-order valence-electron chi connectivity index (χ0n) is 14.2. The number of hydrogen-bond donors (Lipinski definition) is 2. The van der Waals surface area contributed by atoms with E-state index in [0.717, 1.165) is 17.4 Å². The average molecular weight is 327 g/mol. The molecule has 0 fully saturated rings. The Balaban J connectivity index is 1.66. The predicted octanol–water partition coefficient (Wildman–Crippen LogP) is 4.62. The van der Waals surface area contributed by atoms with Crippen LogP contribution in [0.3, 0.4) is 0 Å². The van der Waals surface area contributed by atoms with Gasteiger partial charge in [-0.1, -0.05) is 72.8 Å². The highest BCUT2D eigenvalue weighted by Gasteiger charge is 2.27. The van der Waals surface area contributed by atoms with Crippen LogP contribution < -0.4 is 5.32 Å². The second-order valence-electron chi connectivity index (χ2n) is 6.50. The number of nitrogens with zero attached hydrogens (tertiary/aromatic N) is 1. The quantitative estimate of drug-likeness (QED) is 0.562. The van der Waals surface area contributed by atoms with Crippen LogP contribution >= 0.6 is 0 Å². The SMILES string of the molecule is CC(NCc1ccc2cn[nH]c2c1)(c1ccccc1)c1ccccc1. The molecule has 3 nitrogen and oxygen atoms in total. The van der Waals surface area contributed by atoms with Crippen molar-refractivity contribution < 1.29 is 0 Å². The van der Waals surface area contributed by atoms with Gasteiger partial charge in [-0.15, -0.1) is 0 Å². The van der Waals surface area contributed by atoms with Crippen LogP contribution in [0.25, 0.3) is 10.9 Å². The van der Waals surface area contributed by atoms with Crippen molar-refractivity contribution in [2.75, 3.05) is 0 Å². The molecule has 0 saturated heterocycles. The molecule has 124 valence electrons. The van der Waals surface area contributed by atoms with E-state index in [-0.39, 0.29) is 5.54 Å². The zero-order valence-corrected chi connectivity index (χ0v) is 14.2. The van der Waals surface area contributed by atoms with E-state index >= 15 is 0 Å². The van der Waals surface area contributed by atoms with E-state index in [9.17, 15) is 0 Å². The molecule has 0 unspecified atom stereocenters. The summed E-state index contributed by atoms with van der Waals surface area (Å²) >= 11 is 0. The van der Waals surface area contributed by atoms with Crippen molar-refractivity contribution in [2.24, 2.45) is 0 Å². The van der Waals surface area contributed by atoms with Crippen LogP contribution in [0.15, 0.2) is 85.1 Å². The Morgan fingerprint density at radius 2 is 1.52 bits per heavy atom. The Morgan fingerprint density at radius 3 is 2.16 bits per heavy atom.